The van der Waals surface area contributed by atoms with Gasteiger partial charge >= 0.3 is 0 Å². The number of carbonyl (C=O) groups excluding carboxylic acids is 3. The first kappa shape index (κ1) is 11.7. The summed E-state index contributed by atoms with van der Waals surface area (Å²) in [5, 5.41) is 2.53. The summed E-state index contributed by atoms with van der Waals surface area (Å²) < 4.78 is 0. The summed E-state index contributed by atoms with van der Waals surface area (Å²) in [6.07, 6.45) is 5.37. The van der Waals surface area contributed by atoms with Gasteiger partial charge in [-0.3, -0.25) is 14.4 Å². The molecule has 1 radical (unpaired) electrons. The van der Waals surface area contributed by atoms with Gasteiger partial charge in [0.1, 0.15) is 11.9 Å². The van der Waals surface area contributed by atoms with Crippen molar-refractivity contribution in [3.63, 3.8) is 0 Å². The van der Waals surface area contributed by atoms with Crippen LogP contribution in [0.2, 0.25) is 0 Å². The Bertz CT molecular complexity index is 444. The third kappa shape index (κ3) is 2.33. The molecule has 2 aliphatic rings. The van der Waals surface area contributed by atoms with Gasteiger partial charge in [-0.2, -0.15) is 0 Å². The Morgan fingerprint density at radius 3 is 3.06 bits per heavy atom. The SMILES string of the molecule is NC(=O)C1=[C]C=CC(N2CC[SH4]C(=O)C2=O)N1. The van der Waals surface area contributed by atoms with E-state index in [0.717, 1.165) is 5.75 Å². The molecular weight excluding hydrogens is 242 g/mol. The molecule has 17 heavy (non-hydrogen) atoms. The molecule has 2 heterocycles. The fraction of sp³-hybridized carbons (Fsp3) is 0.300. The van der Waals surface area contributed by atoms with Crippen molar-refractivity contribution in [3.8, 4) is 0 Å². The van der Waals surface area contributed by atoms with Crippen LogP contribution in [-0.4, -0.2) is 40.3 Å². The van der Waals surface area contributed by atoms with Crippen molar-refractivity contribution in [2.75, 3.05) is 12.3 Å². The van der Waals surface area contributed by atoms with Crippen molar-refractivity contribution in [1.29, 1.82) is 0 Å². The van der Waals surface area contributed by atoms with Gasteiger partial charge in [0, 0.05) is 12.6 Å². The number of rotatable bonds is 2. The van der Waals surface area contributed by atoms with Gasteiger partial charge in [0.2, 0.25) is 5.12 Å². The fourth-order valence-corrected chi connectivity index (χ4v) is 3.07. The van der Waals surface area contributed by atoms with Gasteiger partial charge in [-0.05, 0) is 11.8 Å². The van der Waals surface area contributed by atoms with Gasteiger partial charge in [0.05, 0.1) is 0 Å². The fourth-order valence-electron chi connectivity index (χ4n) is 1.83. The van der Waals surface area contributed by atoms with E-state index in [1.807, 2.05) is 0 Å². The lowest BCUT2D eigenvalue weighted by Gasteiger charge is -2.34. The standard InChI is InChI=1S/C10H14N3O3S/c11-8(14)6-2-1-3-7(12-6)13-4-5-17-10(16)9(13)15/h1,3,7,12H,4-5H2,17H4,(H2,11,14). The molecule has 0 saturated carbocycles. The molecule has 0 aromatic carbocycles. The van der Waals surface area contributed by atoms with Gasteiger partial charge < -0.3 is 16.0 Å². The molecule has 0 aromatic heterocycles. The van der Waals surface area contributed by atoms with E-state index >= 15 is 0 Å². The van der Waals surface area contributed by atoms with Crippen molar-refractivity contribution in [2.24, 2.45) is 5.73 Å². The summed E-state index contributed by atoms with van der Waals surface area (Å²) in [7, 11) is 0. The van der Waals surface area contributed by atoms with Crippen LogP contribution in [0.5, 0.6) is 0 Å². The van der Waals surface area contributed by atoms with Crippen molar-refractivity contribution in [2.45, 2.75) is 6.17 Å². The van der Waals surface area contributed by atoms with Crippen molar-refractivity contribution in [3.05, 3.63) is 23.9 Å². The maximum absolute atomic E-state index is 11.7. The Morgan fingerprint density at radius 2 is 2.35 bits per heavy atom. The molecule has 1 fully saturated rings. The summed E-state index contributed by atoms with van der Waals surface area (Å²) in [6, 6.07) is 0. The maximum Gasteiger partial charge on any atom is 0.299 e. The molecule has 2 aliphatic heterocycles. The largest absolute Gasteiger partial charge is 0.364 e. The normalized spacial score (nSPS) is 24.8. The second kappa shape index (κ2) is 4.62. The first-order chi connectivity index (χ1) is 8.09. The van der Waals surface area contributed by atoms with Gasteiger partial charge in [0.15, 0.2) is 0 Å². The van der Waals surface area contributed by atoms with Gasteiger partial charge in [0.25, 0.3) is 11.8 Å². The maximum atomic E-state index is 11.7. The van der Waals surface area contributed by atoms with Crippen molar-refractivity contribution < 1.29 is 14.4 Å². The molecule has 1 saturated heterocycles. The second-order valence-corrected chi connectivity index (χ2v) is 5.71. The minimum atomic E-state index is -0.907. The zero-order valence-electron chi connectivity index (χ0n) is 9.10. The van der Waals surface area contributed by atoms with Crippen LogP contribution in [-0.2, 0) is 14.4 Å². The third-order valence-electron chi connectivity index (χ3n) is 2.68. The molecule has 0 spiro atoms. The molecular formula is C10H14N3O3S. The lowest BCUT2D eigenvalue weighted by molar-refractivity contribution is -0.142. The Labute approximate surface area is 102 Å². The lowest BCUT2D eigenvalue weighted by Crippen LogP contribution is -2.54. The Balaban J connectivity index is 2.12. The van der Waals surface area contributed by atoms with Crippen LogP contribution in [0.3, 0.4) is 0 Å². The van der Waals surface area contributed by atoms with E-state index < -0.39 is 29.7 Å². The summed E-state index contributed by atoms with van der Waals surface area (Å²) in [5.74, 6) is -0.323. The zero-order valence-corrected chi connectivity index (χ0v) is 10.5. The van der Waals surface area contributed by atoms with Crippen LogP contribution in [0.1, 0.15) is 0 Å². The van der Waals surface area contributed by atoms with E-state index in [-0.39, 0.29) is 10.8 Å². The number of nitrogens with two attached hydrogens (primary N) is 1. The lowest BCUT2D eigenvalue weighted by atomic mass is 10.2. The van der Waals surface area contributed by atoms with Crippen molar-refractivity contribution >= 4 is 28.7 Å². The zero-order chi connectivity index (χ0) is 12.4. The van der Waals surface area contributed by atoms with Gasteiger partial charge in [-0.15, -0.1) is 0 Å². The van der Waals surface area contributed by atoms with Gasteiger partial charge in [-0.25, -0.2) is 11.8 Å². The van der Waals surface area contributed by atoms with E-state index in [1.54, 1.807) is 6.08 Å². The minimum Gasteiger partial charge on any atom is -0.364 e. The van der Waals surface area contributed by atoms with Crippen molar-refractivity contribution in [1.82, 2.24) is 10.2 Å². The molecule has 93 valence electrons. The number of hydrogen-bond donors (Lipinski definition) is 2. The van der Waals surface area contributed by atoms with Crippen LogP contribution >= 0.6 is 11.8 Å². The Morgan fingerprint density at radius 1 is 1.59 bits per heavy atom. The van der Waals surface area contributed by atoms with Crippen LogP contribution in [0, 0.1) is 6.08 Å². The van der Waals surface area contributed by atoms with Crippen LogP contribution in [0.4, 0.5) is 0 Å². The molecule has 3 N–H and O–H groups in total. The topological polar surface area (TPSA) is 92.5 Å². The predicted octanol–water partition coefficient (Wildman–Crippen LogP) is -2.32. The minimum absolute atomic E-state index is 0.126. The van der Waals surface area contributed by atoms with E-state index in [0.29, 0.717) is 6.54 Å². The van der Waals surface area contributed by atoms with Crippen LogP contribution in [0.15, 0.2) is 17.8 Å². The van der Waals surface area contributed by atoms with Crippen LogP contribution < -0.4 is 11.1 Å². The highest BCUT2D eigenvalue weighted by Gasteiger charge is 2.30. The van der Waals surface area contributed by atoms with E-state index in [2.05, 4.69) is 11.4 Å². The molecule has 0 aliphatic carbocycles. The average Bonchev–Trinajstić information content (AvgIpc) is 2.33. The second-order valence-electron chi connectivity index (χ2n) is 3.86. The number of nitrogens with zero attached hydrogens (tertiary/aromatic N) is 1. The molecule has 2 amide bonds. The summed E-state index contributed by atoms with van der Waals surface area (Å²) in [5.41, 5.74) is 5.25. The quantitative estimate of drug-likeness (QED) is 0.542. The third-order valence-corrected chi connectivity index (χ3v) is 4.11. The predicted molar refractivity (Wildman–Crippen MR) is 66.8 cm³/mol. The molecule has 1 unspecified atom stereocenters. The average molecular weight is 256 g/mol. The number of primary amides is 1. The Kier molecular flexibility index (Phi) is 3.19. The highest BCUT2D eigenvalue weighted by molar-refractivity contribution is 8.15. The van der Waals surface area contributed by atoms with E-state index in [9.17, 15) is 14.4 Å². The molecule has 0 aromatic rings. The number of nitrogens with one attached hydrogen (secondary N) is 1. The molecule has 0 bridgehead atoms. The van der Waals surface area contributed by atoms with E-state index in [1.165, 1.54) is 11.0 Å². The highest BCUT2D eigenvalue weighted by Crippen LogP contribution is 2.16. The summed E-state index contributed by atoms with van der Waals surface area (Å²) in [6.45, 7) is 0.546. The summed E-state index contributed by atoms with van der Waals surface area (Å²) in [4.78, 5) is 35.5. The molecule has 6 nitrogen and oxygen atoms in total. The first-order valence-corrected chi connectivity index (χ1v) is 7.00. The number of carbonyl (C=O) groups is 3. The molecule has 7 heteroatoms. The number of hydrogen-bond acceptors (Lipinski definition) is 4. The Hall–Kier alpha value is -1.76. The number of amides is 2. The van der Waals surface area contributed by atoms with E-state index in [4.69, 9.17) is 5.73 Å². The summed E-state index contributed by atoms with van der Waals surface area (Å²) >= 11 is -0.907. The number of dihydropyridines is 1. The molecule has 1 atom stereocenters. The first-order valence-electron chi connectivity index (χ1n) is 5.30. The van der Waals surface area contributed by atoms with Crippen LogP contribution in [0.25, 0.3) is 0 Å². The monoisotopic (exact) mass is 256 g/mol. The highest BCUT2D eigenvalue weighted by atomic mass is 32.2. The number of allylic oxidation sites excluding steroid dienone is 2. The van der Waals surface area contributed by atoms with Gasteiger partial charge in [-0.1, -0.05) is 6.08 Å². The molecule has 2 rings (SSSR count). The smallest absolute Gasteiger partial charge is 0.299 e.